The molecule has 30 heavy (non-hydrogen) atoms. The summed E-state index contributed by atoms with van der Waals surface area (Å²) in [7, 11) is 0. The Kier molecular flexibility index (Phi) is 6.06. The van der Waals surface area contributed by atoms with Crippen LogP contribution < -0.4 is 15.8 Å². The lowest BCUT2D eigenvalue weighted by Crippen LogP contribution is -2.38. The molecule has 1 saturated heterocycles. The lowest BCUT2D eigenvalue weighted by molar-refractivity contribution is -0.123. The second-order valence-electron chi connectivity index (χ2n) is 7.75. The van der Waals surface area contributed by atoms with E-state index in [0.29, 0.717) is 10.6 Å². The SMILES string of the molecule is NC(=O)C1CCN(Cc2cccc(NC(=O)C3=Cc4cc(Cl)ccc4OC3)c2)CC1. The molecule has 2 heterocycles. The number of anilines is 1. The maximum atomic E-state index is 12.7. The number of fused-ring (bicyclic) bond motifs is 1. The van der Waals surface area contributed by atoms with E-state index in [-0.39, 0.29) is 24.3 Å². The van der Waals surface area contributed by atoms with Gasteiger partial charge in [0.25, 0.3) is 5.91 Å². The van der Waals surface area contributed by atoms with Crippen molar-refractivity contribution < 1.29 is 14.3 Å². The Morgan fingerprint density at radius 2 is 1.97 bits per heavy atom. The van der Waals surface area contributed by atoms with Crippen LogP contribution in [0.5, 0.6) is 5.75 Å². The highest BCUT2D eigenvalue weighted by Crippen LogP contribution is 2.29. The van der Waals surface area contributed by atoms with Gasteiger partial charge in [-0.3, -0.25) is 14.5 Å². The van der Waals surface area contributed by atoms with Crippen LogP contribution in [0.4, 0.5) is 5.69 Å². The zero-order valence-electron chi connectivity index (χ0n) is 16.6. The van der Waals surface area contributed by atoms with Crippen molar-refractivity contribution in [1.29, 1.82) is 0 Å². The molecule has 2 aromatic carbocycles. The van der Waals surface area contributed by atoms with Gasteiger partial charge in [-0.25, -0.2) is 0 Å². The Labute approximate surface area is 180 Å². The number of nitrogens with zero attached hydrogens (tertiary/aromatic N) is 1. The Morgan fingerprint density at radius 1 is 1.17 bits per heavy atom. The van der Waals surface area contributed by atoms with E-state index in [4.69, 9.17) is 22.1 Å². The fourth-order valence-corrected chi connectivity index (χ4v) is 4.05. The largest absolute Gasteiger partial charge is 0.488 e. The molecule has 2 aliphatic rings. The molecule has 0 aliphatic carbocycles. The van der Waals surface area contributed by atoms with Gasteiger partial charge in [-0.15, -0.1) is 0 Å². The first-order chi connectivity index (χ1) is 14.5. The van der Waals surface area contributed by atoms with Crippen molar-refractivity contribution in [3.8, 4) is 5.75 Å². The summed E-state index contributed by atoms with van der Waals surface area (Å²) in [6.45, 7) is 2.68. The Hall–Kier alpha value is -2.83. The number of nitrogens with one attached hydrogen (secondary N) is 1. The van der Waals surface area contributed by atoms with Gasteiger partial charge in [0.1, 0.15) is 12.4 Å². The Morgan fingerprint density at radius 3 is 2.73 bits per heavy atom. The summed E-state index contributed by atoms with van der Waals surface area (Å²) in [5.41, 5.74) is 8.60. The van der Waals surface area contributed by atoms with Gasteiger partial charge in [-0.1, -0.05) is 23.7 Å². The average molecular weight is 426 g/mol. The molecule has 156 valence electrons. The molecule has 0 unspecified atom stereocenters. The Balaban J connectivity index is 1.39. The van der Waals surface area contributed by atoms with Crippen LogP contribution >= 0.6 is 11.6 Å². The van der Waals surface area contributed by atoms with Crippen molar-refractivity contribution in [3.05, 3.63) is 64.2 Å². The van der Waals surface area contributed by atoms with Crippen LogP contribution in [0.2, 0.25) is 5.02 Å². The molecule has 6 nitrogen and oxygen atoms in total. The van der Waals surface area contributed by atoms with Gasteiger partial charge in [-0.2, -0.15) is 0 Å². The van der Waals surface area contributed by atoms with Gasteiger partial charge >= 0.3 is 0 Å². The maximum absolute atomic E-state index is 12.7. The molecule has 4 rings (SSSR count). The second-order valence-corrected chi connectivity index (χ2v) is 8.18. The number of benzene rings is 2. The number of piperidine rings is 1. The molecule has 0 spiro atoms. The molecular formula is C23H24ClN3O3. The number of amides is 2. The Bertz CT molecular complexity index is 997. The average Bonchev–Trinajstić information content (AvgIpc) is 2.74. The number of carbonyl (C=O) groups excluding carboxylic acids is 2. The lowest BCUT2D eigenvalue weighted by atomic mass is 9.96. The van der Waals surface area contributed by atoms with E-state index in [1.165, 1.54) is 0 Å². The summed E-state index contributed by atoms with van der Waals surface area (Å²) in [6.07, 6.45) is 3.41. The van der Waals surface area contributed by atoms with E-state index in [1.54, 1.807) is 18.2 Å². The zero-order valence-corrected chi connectivity index (χ0v) is 17.3. The van der Waals surface area contributed by atoms with Crippen molar-refractivity contribution in [2.45, 2.75) is 19.4 Å². The van der Waals surface area contributed by atoms with Crippen molar-refractivity contribution in [2.75, 3.05) is 25.0 Å². The molecule has 2 aliphatic heterocycles. The monoisotopic (exact) mass is 425 g/mol. The van der Waals surface area contributed by atoms with Gasteiger partial charge in [-0.05, 0) is 67.9 Å². The summed E-state index contributed by atoms with van der Waals surface area (Å²) >= 11 is 6.04. The summed E-state index contributed by atoms with van der Waals surface area (Å²) in [5.74, 6) is 0.307. The molecule has 0 radical (unpaired) electrons. The van der Waals surface area contributed by atoms with Crippen LogP contribution in [0.3, 0.4) is 0 Å². The van der Waals surface area contributed by atoms with E-state index < -0.39 is 0 Å². The van der Waals surface area contributed by atoms with Crippen molar-refractivity contribution in [2.24, 2.45) is 11.7 Å². The first-order valence-corrected chi connectivity index (χ1v) is 10.4. The molecule has 0 saturated carbocycles. The maximum Gasteiger partial charge on any atom is 0.255 e. The predicted molar refractivity (Wildman–Crippen MR) is 117 cm³/mol. The molecule has 0 atom stereocenters. The number of nitrogens with two attached hydrogens (primary N) is 1. The van der Waals surface area contributed by atoms with Crippen LogP contribution in [0.1, 0.15) is 24.0 Å². The molecule has 2 amide bonds. The van der Waals surface area contributed by atoms with E-state index in [2.05, 4.69) is 10.2 Å². The molecule has 3 N–H and O–H groups in total. The number of hydrogen-bond acceptors (Lipinski definition) is 4. The zero-order chi connectivity index (χ0) is 21.1. The van der Waals surface area contributed by atoms with Gasteiger partial charge in [0.15, 0.2) is 0 Å². The number of likely N-dealkylation sites (tertiary alicyclic amines) is 1. The quantitative estimate of drug-likeness (QED) is 0.768. The number of rotatable bonds is 5. The van der Waals surface area contributed by atoms with Crippen LogP contribution in [0.25, 0.3) is 6.08 Å². The fourth-order valence-electron chi connectivity index (χ4n) is 3.87. The number of ether oxygens (including phenoxy) is 1. The van der Waals surface area contributed by atoms with E-state index in [1.807, 2.05) is 30.3 Å². The number of primary amides is 1. The van der Waals surface area contributed by atoms with Crippen molar-refractivity contribution >= 4 is 35.2 Å². The highest BCUT2D eigenvalue weighted by Gasteiger charge is 2.23. The minimum Gasteiger partial charge on any atom is -0.488 e. The van der Waals surface area contributed by atoms with E-state index in [9.17, 15) is 9.59 Å². The second kappa shape index (κ2) is 8.90. The van der Waals surface area contributed by atoms with Crippen LogP contribution in [0, 0.1) is 5.92 Å². The third kappa shape index (κ3) is 4.83. The van der Waals surface area contributed by atoms with E-state index in [0.717, 1.165) is 55.0 Å². The predicted octanol–water partition coefficient (Wildman–Crippen LogP) is 3.45. The lowest BCUT2D eigenvalue weighted by Gasteiger charge is -2.30. The molecular weight excluding hydrogens is 402 g/mol. The molecule has 0 bridgehead atoms. The van der Waals surface area contributed by atoms with E-state index >= 15 is 0 Å². The minimum absolute atomic E-state index is 0.0159. The van der Waals surface area contributed by atoms with Gasteiger partial charge < -0.3 is 15.8 Å². The van der Waals surface area contributed by atoms with Gasteiger partial charge in [0, 0.05) is 28.7 Å². The summed E-state index contributed by atoms with van der Waals surface area (Å²) in [5, 5.41) is 3.56. The van der Waals surface area contributed by atoms with Crippen LogP contribution in [-0.2, 0) is 16.1 Å². The number of hydrogen-bond donors (Lipinski definition) is 2. The first kappa shape index (κ1) is 20.4. The molecule has 7 heteroatoms. The summed E-state index contributed by atoms with van der Waals surface area (Å²) < 4.78 is 5.67. The smallest absolute Gasteiger partial charge is 0.255 e. The number of halogens is 1. The number of carbonyl (C=O) groups is 2. The molecule has 2 aromatic rings. The topological polar surface area (TPSA) is 84.7 Å². The summed E-state index contributed by atoms with van der Waals surface area (Å²) in [6, 6.07) is 13.2. The third-order valence-corrected chi connectivity index (χ3v) is 5.79. The van der Waals surface area contributed by atoms with Crippen LogP contribution in [0.15, 0.2) is 48.0 Å². The van der Waals surface area contributed by atoms with Gasteiger partial charge in [0.2, 0.25) is 5.91 Å². The highest BCUT2D eigenvalue weighted by molar-refractivity contribution is 6.30. The molecule has 1 fully saturated rings. The highest BCUT2D eigenvalue weighted by atomic mass is 35.5. The standard InChI is InChI=1S/C23H24ClN3O3/c24-19-4-5-21-17(12-19)11-18(14-30-21)23(29)26-20-3-1-2-15(10-20)13-27-8-6-16(7-9-27)22(25)28/h1-5,10-12,16H,6-9,13-14H2,(H2,25,28)(H,26,29). The third-order valence-electron chi connectivity index (χ3n) is 5.56. The van der Waals surface area contributed by atoms with Crippen molar-refractivity contribution in [3.63, 3.8) is 0 Å². The first-order valence-electron chi connectivity index (χ1n) is 10.0. The summed E-state index contributed by atoms with van der Waals surface area (Å²) in [4.78, 5) is 26.3. The molecule has 0 aromatic heterocycles. The van der Waals surface area contributed by atoms with Gasteiger partial charge in [0.05, 0.1) is 5.57 Å². The minimum atomic E-state index is -0.203. The van der Waals surface area contributed by atoms with Crippen molar-refractivity contribution in [1.82, 2.24) is 4.90 Å². The fraction of sp³-hybridized carbons (Fsp3) is 0.304. The van der Waals surface area contributed by atoms with Crippen LogP contribution in [-0.4, -0.2) is 36.4 Å². The normalized spacial score (nSPS) is 16.9.